The molecule has 9 heteroatoms. The van der Waals surface area contributed by atoms with Crippen molar-refractivity contribution in [2.75, 3.05) is 18.9 Å². The van der Waals surface area contributed by atoms with Crippen molar-refractivity contribution in [2.24, 2.45) is 0 Å². The average Bonchev–Trinajstić information content (AvgIpc) is 3.11. The molecule has 0 saturated carbocycles. The van der Waals surface area contributed by atoms with E-state index in [0.717, 1.165) is 10.3 Å². The highest BCUT2D eigenvalue weighted by atomic mass is 32.2. The summed E-state index contributed by atoms with van der Waals surface area (Å²) >= 11 is 1.55. The summed E-state index contributed by atoms with van der Waals surface area (Å²) in [7, 11) is 0. The number of amides is 1. The summed E-state index contributed by atoms with van der Waals surface area (Å²) in [4.78, 5) is 43.0. The van der Waals surface area contributed by atoms with Gasteiger partial charge < -0.3 is 24.8 Å². The first-order valence-electron chi connectivity index (χ1n) is 9.63. The number of fused-ring (bicyclic) bond motifs is 3. The van der Waals surface area contributed by atoms with Gasteiger partial charge in [0, 0.05) is 39.7 Å². The Morgan fingerprint density at radius 1 is 1.23 bits per heavy atom. The second-order valence-electron chi connectivity index (χ2n) is 7.61. The number of aromatic nitrogens is 2. The standard InChI is InChI=1S/C21H25N3O5S/c1-5-28-19(26)14-11-23-17-16(14)13-10-12(6-7-15(13)24-18(17)25)30-9-8-22-20(27)29-21(2,3)4/h6-7,10-11,23H,5,8-9H2,1-4H3,(H,22,27)(H,24,25). The molecule has 160 valence electrons. The van der Waals surface area contributed by atoms with Crippen LogP contribution in [-0.4, -0.2) is 46.5 Å². The third kappa shape index (κ3) is 4.96. The Hall–Kier alpha value is -2.94. The van der Waals surface area contributed by atoms with Gasteiger partial charge >= 0.3 is 12.1 Å². The SMILES string of the molecule is CCOC(=O)c1c[nH]c2c(=O)[nH]c3ccc(SCCNC(=O)OC(C)(C)C)cc3c12. The zero-order valence-electron chi connectivity index (χ0n) is 17.4. The molecular weight excluding hydrogens is 406 g/mol. The fraction of sp³-hybridized carbons (Fsp3) is 0.381. The number of hydrogen-bond acceptors (Lipinski definition) is 6. The van der Waals surface area contributed by atoms with E-state index in [0.29, 0.717) is 34.3 Å². The second kappa shape index (κ2) is 8.83. The number of H-pyrrole nitrogens is 2. The lowest BCUT2D eigenvalue weighted by Crippen LogP contribution is -2.33. The van der Waals surface area contributed by atoms with Crippen LogP contribution in [0.5, 0.6) is 0 Å². The molecule has 3 rings (SSSR count). The van der Waals surface area contributed by atoms with Gasteiger partial charge in [-0.3, -0.25) is 4.79 Å². The van der Waals surface area contributed by atoms with Gasteiger partial charge in [0.2, 0.25) is 0 Å². The maximum absolute atomic E-state index is 12.3. The van der Waals surface area contributed by atoms with E-state index in [9.17, 15) is 14.4 Å². The number of nitrogens with one attached hydrogen (secondary N) is 3. The minimum atomic E-state index is -0.537. The first-order chi connectivity index (χ1) is 14.2. The lowest BCUT2D eigenvalue weighted by atomic mass is 10.1. The van der Waals surface area contributed by atoms with Crippen LogP contribution in [-0.2, 0) is 9.47 Å². The van der Waals surface area contributed by atoms with Crippen LogP contribution in [0.25, 0.3) is 21.8 Å². The summed E-state index contributed by atoms with van der Waals surface area (Å²) in [6.45, 7) is 7.86. The Morgan fingerprint density at radius 3 is 2.70 bits per heavy atom. The van der Waals surface area contributed by atoms with Crippen LogP contribution >= 0.6 is 11.8 Å². The Morgan fingerprint density at radius 2 is 2.00 bits per heavy atom. The van der Waals surface area contributed by atoms with Crippen molar-refractivity contribution in [3.8, 4) is 0 Å². The Kier molecular flexibility index (Phi) is 6.40. The molecule has 3 N–H and O–H groups in total. The Balaban J connectivity index is 1.81. The minimum absolute atomic E-state index is 0.248. The van der Waals surface area contributed by atoms with Gasteiger partial charge in [0.1, 0.15) is 11.1 Å². The molecule has 0 unspecified atom stereocenters. The normalized spacial score (nSPS) is 11.6. The van der Waals surface area contributed by atoms with Crippen LogP contribution in [0.1, 0.15) is 38.1 Å². The van der Waals surface area contributed by atoms with Crippen LogP contribution in [0.4, 0.5) is 4.79 Å². The molecule has 0 atom stereocenters. The van der Waals surface area contributed by atoms with E-state index in [1.165, 1.54) is 6.20 Å². The van der Waals surface area contributed by atoms with Crippen molar-refractivity contribution in [2.45, 2.75) is 38.2 Å². The van der Waals surface area contributed by atoms with Gasteiger partial charge in [-0.1, -0.05) is 0 Å². The van der Waals surface area contributed by atoms with Crippen LogP contribution in [0.3, 0.4) is 0 Å². The van der Waals surface area contributed by atoms with Gasteiger partial charge in [-0.2, -0.15) is 0 Å². The molecule has 2 heterocycles. The van der Waals surface area contributed by atoms with E-state index in [1.807, 2.05) is 39.0 Å². The second-order valence-corrected chi connectivity index (χ2v) is 8.78. The number of rotatable bonds is 6. The average molecular weight is 432 g/mol. The number of aromatic amines is 2. The number of ether oxygens (including phenoxy) is 2. The van der Waals surface area contributed by atoms with Crippen molar-refractivity contribution in [3.63, 3.8) is 0 Å². The molecule has 1 amide bonds. The largest absolute Gasteiger partial charge is 0.462 e. The van der Waals surface area contributed by atoms with E-state index in [2.05, 4.69) is 15.3 Å². The van der Waals surface area contributed by atoms with Crippen molar-refractivity contribution < 1.29 is 19.1 Å². The molecule has 0 aliphatic carbocycles. The summed E-state index contributed by atoms with van der Waals surface area (Å²) in [5.41, 5.74) is 0.463. The van der Waals surface area contributed by atoms with Crippen molar-refractivity contribution in [1.29, 1.82) is 0 Å². The molecule has 2 aromatic heterocycles. The Bertz CT molecular complexity index is 1140. The van der Waals surface area contributed by atoms with E-state index in [1.54, 1.807) is 18.7 Å². The highest BCUT2D eigenvalue weighted by Gasteiger charge is 2.18. The molecule has 0 bridgehead atoms. The van der Waals surface area contributed by atoms with Crippen LogP contribution < -0.4 is 10.9 Å². The highest BCUT2D eigenvalue weighted by Crippen LogP contribution is 2.29. The predicted molar refractivity (Wildman–Crippen MR) is 117 cm³/mol. The van der Waals surface area contributed by atoms with Gasteiger partial charge in [-0.05, 0) is 45.9 Å². The third-order valence-electron chi connectivity index (χ3n) is 4.15. The predicted octanol–water partition coefficient (Wildman–Crippen LogP) is 3.80. The minimum Gasteiger partial charge on any atom is -0.462 e. The van der Waals surface area contributed by atoms with E-state index in [4.69, 9.17) is 9.47 Å². The van der Waals surface area contributed by atoms with E-state index in [-0.39, 0.29) is 12.2 Å². The summed E-state index contributed by atoms with van der Waals surface area (Å²) in [5.74, 6) is 0.157. The zero-order valence-corrected chi connectivity index (χ0v) is 18.2. The molecular formula is C21H25N3O5S. The molecule has 0 spiro atoms. The number of pyridine rings is 1. The smallest absolute Gasteiger partial charge is 0.407 e. The number of carbonyl (C=O) groups excluding carboxylic acids is 2. The molecule has 0 aliphatic rings. The molecule has 0 saturated heterocycles. The van der Waals surface area contributed by atoms with Crippen molar-refractivity contribution >= 4 is 45.6 Å². The van der Waals surface area contributed by atoms with Gasteiger partial charge in [-0.15, -0.1) is 11.8 Å². The Labute approximate surface area is 177 Å². The monoisotopic (exact) mass is 431 g/mol. The zero-order chi connectivity index (χ0) is 21.9. The van der Waals surface area contributed by atoms with Gasteiger partial charge in [0.25, 0.3) is 5.56 Å². The van der Waals surface area contributed by atoms with E-state index >= 15 is 0 Å². The summed E-state index contributed by atoms with van der Waals surface area (Å²) in [6.07, 6.45) is 1.05. The molecule has 0 radical (unpaired) electrons. The van der Waals surface area contributed by atoms with Crippen LogP contribution in [0.2, 0.25) is 0 Å². The molecule has 1 aromatic carbocycles. The van der Waals surface area contributed by atoms with Gasteiger partial charge in [0.15, 0.2) is 0 Å². The summed E-state index contributed by atoms with van der Waals surface area (Å²) in [5, 5.41) is 4.01. The fourth-order valence-electron chi connectivity index (χ4n) is 3.00. The number of carbonyl (C=O) groups is 2. The number of esters is 1. The fourth-order valence-corrected chi connectivity index (χ4v) is 3.81. The molecule has 0 aliphatic heterocycles. The van der Waals surface area contributed by atoms with E-state index < -0.39 is 17.7 Å². The quantitative estimate of drug-likeness (QED) is 0.311. The number of hydrogen-bond donors (Lipinski definition) is 3. The number of benzene rings is 1. The lowest BCUT2D eigenvalue weighted by molar-refractivity contribution is 0.0519. The van der Waals surface area contributed by atoms with Crippen LogP contribution in [0.15, 0.2) is 34.1 Å². The molecule has 0 fully saturated rings. The first kappa shape index (κ1) is 21.8. The third-order valence-corrected chi connectivity index (χ3v) is 5.15. The number of thioether (sulfide) groups is 1. The number of alkyl carbamates (subject to hydrolysis) is 1. The highest BCUT2D eigenvalue weighted by molar-refractivity contribution is 7.99. The maximum atomic E-state index is 12.3. The molecule has 30 heavy (non-hydrogen) atoms. The van der Waals surface area contributed by atoms with Crippen molar-refractivity contribution in [3.05, 3.63) is 40.3 Å². The topological polar surface area (TPSA) is 113 Å². The van der Waals surface area contributed by atoms with Gasteiger partial charge in [-0.25, -0.2) is 9.59 Å². The lowest BCUT2D eigenvalue weighted by Gasteiger charge is -2.19. The maximum Gasteiger partial charge on any atom is 0.407 e. The van der Waals surface area contributed by atoms with Crippen LogP contribution in [0, 0.1) is 0 Å². The summed E-state index contributed by atoms with van der Waals surface area (Å²) < 4.78 is 10.3. The summed E-state index contributed by atoms with van der Waals surface area (Å²) in [6, 6.07) is 5.61. The molecule has 3 aromatic rings. The molecule has 8 nitrogen and oxygen atoms in total. The van der Waals surface area contributed by atoms with Gasteiger partial charge in [0.05, 0.1) is 12.2 Å². The van der Waals surface area contributed by atoms with Crippen molar-refractivity contribution in [1.82, 2.24) is 15.3 Å². The first-order valence-corrected chi connectivity index (χ1v) is 10.6.